The molecule has 0 radical (unpaired) electrons. The van der Waals surface area contributed by atoms with E-state index in [-0.39, 0.29) is 6.61 Å². The van der Waals surface area contributed by atoms with Crippen LogP contribution in [0.4, 0.5) is 5.69 Å². The van der Waals surface area contributed by atoms with E-state index in [9.17, 15) is 5.11 Å². The number of benzene rings is 1. The van der Waals surface area contributed by atoms with Gasteiger partial charge in [0.15, 0.2) is 0 Å². The quantitative estimate of drug-likeness (QED) is 0.833. The fourth-order valence-electron chi connectivity index (χ4n) is 2.20. The topological polar surface area (TPSA) is 23.5 Å². The maximum atomic E-state index is 9.31. The number of aryl methyl sites for hydroxylation is 1. The van der Waals surface area contributed by atoms with E-state index in [0.29, 0.717) is 11.8 Å². The third-order valence-electron chi connectivity index (χ3n) is 3.68. The molecule has 0 aliphatic carbocycles. The SMILES string of the molecule is CCC(CO)CN(C)c1cc(C(C)C)ccc1C. The minimum atomic E-state index is 0.268. The standard InChI is InChI=1S/C16H27NO/c1-6-14(11-18)10-17(5)16-9-15(12(2)3)8-7-13(16)4/h7-9,12,14,18H,6,10-11H2,1-5H3. The molecule has 2 nitrogen and oxygen atoms in total. The first-order valence-corrected chi connectivity index (χ1v) is 6.92. The van der Waals surface area contributed by atoms with E-state index in [1.165, 1.54) is 16.8 Å². The second kappa shape index (κ2) is 6.79. The van der Waals surface area contributed by atoms with Crippen molar-refractivity contribution in [3.05, 3.63) is 29.3 Å². The highest BCUT2D eigenvalue weighted by Gasteiger charge is 2.12. The molecular formula is C16H27NO. The monoisotopic (exact) mass is 249 g/mol. The van der Waals surface area contributed by atoms with Crippen LogP contribution < -0.4 is 4.90 Å². The highest BCUT2D eigenvalue weighted by Crippen LogP contribution is 2.25. The van der Waals surface area contributed by atoms with Gasteiger partial charge in [-0.05, 0) is 42.4 Å². The third kappa shape index (κ3) is 3.74. The van der Waals surface area contributed by atoms with E-state index in [1.54, 1.807) is 0 Å². The van der Waals surface area contributed by atoms with Gasteiger partial charge in [-0.3, -0.25) is 0 Å². The van der Waals surface area contributed by atoms with Gasteiger partial charge in [0.1, 0.15) is 0 Å². The van der Waals surface area contributed by atoms with Crippen molar-refractivity contribution in [3.63, 3.8) is 0 Å². The van der Waals surface area contributed by atoms with E-state index >= 15 is 0 Å². The van der Waals surface area contributed by atoms with Crippen LogP contribution in [-0.4, -0.2) is 25.3 Å². The molecule has 0 bridgehead atoms. The van der Waals surface area contributed by atoms with Gasteiger partial charge < -0.3 is 10.0 Å². The molecule has 1 unspecified atom stereocenters. The van der Waals surface area contributed by atoms with Gasteiger partial charge in [0.2, 0.25) is 0 Å². The minimum Gasteiger partial charge on any atom is -0.396 e. The van der Waals surface area contributed by atoms with Gasteiger partial charge in [-0.15, -0.1) is 0 Å². The van der Waals surface area contributed by atoms with E-state index in [4.69, 9.17) is 0 Å². The van der Waals surface area contributed by atoms with Crippen molar-refractivity contribution < 1.29 is 5.11 Å². The van der Waals surface area contributed by atoms with Gasteiger partial charge >= 0.3 is 0 Å². The van der Waals surface area contributed by atoms with E-state index in [0.717, 1.165) is 13.0 Å². The zero-order valence-corrected chi connectivity index (χ0v) is 12.4. The van der Waals surface area contributed by atoms with Crippen LogP contribution in [0.2, 0.25) is 0 Å². The smallest absolute Gasteiger partial charge is 0.0476 e. The van der Waals surface area contributed by atoms with Gasteiger partial charge in [-0.25, -0.2) is 0 Å². The maximum Gasteiger partial charge on any atom is 0.0476 e. The first-order chi connectivity index (χ1) is 8.49. The highest BCUT2D eigenvalue weighted by molar-refractivity contribution is 5.55. The average molecular weight is 249 g/mol. The molecule has 0 heterocycles. The van der Waals surface area contributed by atoms with Crippen molar-refractivity contribution in [2.24, 2.45) is 5.92 Å². The van der Waals surface area contributed by atoms with E-state index < -0.39 is 0 Å². The summed E-state index contributed by atoms with van der Waals surface area (Å²) in [6.07, 6.45) is 1.02. The number of rotatable bonds is 6. The lowest BCUT2D eigenvalue weighted by atomic mass is 9.99. The van der Waals surface area contributed by atoms with Gasteiger partial charge in [0, 0.05) is 25.9 Å². The maximum absolute atomic E-state index is 9.31. The second-order valence-corrected chi connectivity index (χ2v) is 5.54. The van der Waals surface area contributed by atoms with Gasteiger partial charge in [-0.1, -0.05) is 32.9 Å². The molecule has 0 aliphatic heterocycles. The predicted molar refractivity (Wildman–Crippen MR) is 79.4 cm³/mol. The Hall–Kier alpha value is -1.02. The molecule has 102 valence electrons. The zero-order valence-electron chi connectivity index (χ0n) is 12.4. The fraction of sp³-hybridized carbons (Fsp3) is 0.625. The number of aliphatic hydroxyl groups is 1. The Kier molecular flexibility index (Phi) is 5.67. The third-order valence-corrected chi connectivity index (χ3v) is 3.68. The highest BCUT2D eigenvalue weighted by atomic mass is 16.3. The van der Waals surface area contributed by atoms with Crippen LogP contribution in [0.25, 0.3) is 0 Å². The Morgan fingerprint density at radius 3 is 2.44 bits per heavy atom. The first-order valence-electron chi connectivity index (χ1n) is 6.92. The molecule has 1 N–H and O–H groups in total. The molecule has 0 fully saturated rings. The summed E-state index contributed by atoms with van der Waals surface area (Å²) in [4.78, 5) is 2.27. The molecule has 1 aromatic carbocycles. The Balaban J connectivity index is 2.90. The summed E-state index contributed by atoms with van der Waals surface area (Å²) < 4.78 is 0. The van der Waals surface area contributed by atoms with Crippen molar-refractivity contribution in [1.82, 2.24) is 0 Å². The summed E-state index contributed by atoms with van der Waals surface area (Å²) in [5.74, 6) is 0.912. The predicted octanol–water partition coefficient (Wildman–Crippen LogP) is 3.57. The summed E-state index contributed by atoms with van der Waals surface area (Å²) >= 11 is 0. The van der Waals surface area contributed by atoms with E-state index in [1.807, 2.05) is 0 Å². The molecule has 1 rings (SSSR count). The van der Waals surface area contributed by atoms with Crippen LogP contribution in [0.5, 0.6) is 0 Å². The Morgan fingerprint density at radius 1 is 1.28 bits per heavy atom. The first kappa shape index (κ1) is 15.0. The van der Waals surface area contributed by atoms with Crippen LogP contribution in [0, 0.1) is 12.8 Å². The fourth-order valence-corrected chi connectivity index (χ4v) is 2.20. The molecule has 1 atom stereocenters. The van der Waals surface area contributed by atoms with Crippen molar-refractivity contribution >= 4 is 5.69 Å². The van der Waals surface area contributed by atoms with Gasteiger partial charge in [0.25, 0.3) is 0 Å². The Labute approximate surface area is 112 Å². The van der Waals surface area contributed by atoms with Crippen LogP contribution in [0.1, 0.15) is 44.2 Å². The molecule has 0 amide bonds. The van der Waals surface area contributed by atoms with Gasteiger partial charge in [-0.2, -0.15) is 0 Å². The van der Waals surface area contributed by atoms with Crippen LogP contribution in [-0.2, 0) is 0 Å². The zero-order chi connectivity index (χ0) is 13.7. The summed E-state index contributed by atoms with van der Waals surface area (Å²) in [7, 11) is 2.12. The minimum absolute atomic E-state index is 0.268. The lowest BCUT2D eigenvalue weighted by Crippen LogP contribution is -2.27. The molecule has 0 saturated heterocycles. The molecule has 1 aromatic rings. The van der Waals surface area contributed by atoms with Crippen molar-refractivity contribution in [3.8, 4) is 0 Å². The largest absolute Gasteiger partial charge is 0.396 e. The molecule has 0 spiro atoms. The summed E-state index contributed by atoms with van der Waals surface area (Å²) in [6, 6.07) is 6.69. The molecule has 2 heteroatoms. The summed E-state index contributed by atoms with van der Waals surface area (Å²) in [5, 5.41) is 9.31. The van der Waals surface area contributed by atoms with Crippen molar-refractivity contribution in [1.29, 1.82) is 0 Å². The van der Waals surface area contributed by atoms with Crippen molar-refractivity contribution in [2.45, 2.75) is 40.0 Å². The summed E-state index contributed by atoms with van der Waals surface area (Å²) in [6.45, 7) is 9.90. The summed E-state index contributed by atoms with van der Waals surface area (Å²) in [5.41, 5.74) is 3.96. The molecular weight excluding hydrogens is 222 g/mol. The normalized spacial score (nSPS) is 12.8. The van der Waals surface area contributed by atoms with E-state index in [2.05, 4.69) is 57.8 Å². The van der Waals surface area contributed by atoms with Crippen LogP contribution in [0.3, 0.4) is 0 Å². The number of hydrogen-bond donors (Lipinski definition) is 1. The lowest BCUT2D eigenvalue weighted by molar-refractivity contribution is 0.225. The van der Waals surface area contributed by atoms with Crippen LogP contribution in [0.15, 0.2) is 18.2 Å². The average Bonchev–Trinajstić information content (AvgIpc) is 2.35. The number of hydrogen-bond acceptors (Lipinski definition) is 2. The number of aliphatic hydroxyl groups excluding tert-OH is 1. The second-order valence-electron chi connectivity index (χ2n) is 5.54. The molecule has 18 heavy (non-hydrogen) atoms. The molecule has 0 aliphatic rings. The van der Waals surface area contributed by atoms with Crippen molar-refractivity contribution in [2.75, 3.05) is 25.1 Å². The van der Waals surface area contributed by atoms with Crippen LogP contribution >= 0.6 is 0 Å². The Bertz CT molecular complexity index is 369. The molecule has 0 aromatic heterocycles. The number of anilines is 1. The Morgan fingerprint density at radius 2 is 1.94 bits per heavy atom. The number of nitrogens with zero attached hydrogens (tertiary/aromatic N) is 1. The lowest BCUT2D eigenvalue weighted by Gasteiger charge is -2.26. The van der Waals surface area contributed by atoms with Gasteiger partial charge in [0.05, 0.1) is 0 Å². The molecule has 0 saturated carbocycles.